The van der Waals surface area contributed by atoms with Crippen LogP contribution in [0, 0.1) is 0 Å². The Balaban J connectivity index is 1.47. The van der Waals surface area contributed by atoms with E-state index in [1.807, 2.05) is 12.1 Å². The number of para-hydroxylation sites is 1. The van der Waals surface area contributed by atoms with Gasteiger partial charge in [-0.1, -0.05) is 43.0 Å². The number of nitrogens with one attached hydrogen (secondary N) is 2. The fourth-order valence-electron chi connectivity index (χ4n) is 2.65. The fraction of sp³-hybridized carbons (Fsp3) is 0.200. The summed E-state index contributed by atoms with van der Waals surface area (Å²) in [5, 5.41) is 4.81. The number of H-pyrrole nitrogens is 1. The van der Waals surface area contributed by atoms with Crippen molar-refractivity contribution >= 4 is 10.9 Å². The minimum absolute atomic E-state index is 0.544. The Kier molecular flexibility index (Phi) is 5.12. The van der Waals surface area contributed by atoms with E-state index >= 15 is 0 Å². The van der Waals surface area contributed by atoms with Crippen LogP contribution in [0.25, 0.3) is 10.9 Å². The van der Waals surface area contributed by atoms with Gasteiger partial charge < -0.3 is 15.0 Å². The summed E-state index contributed by atoms with van der Waals surface area (Å²) in [5.74, 6) is 0.882. The van der Waals surface area contributed by atoms with E-state index in [4.69, 9.17) is 4.74 Å². The first-order valence-corrected chi connectivity index (χ1v) is 7.95. The Morgan fingerprint density at radius 2 is 1.91 bits per heavy atom. The molecule has 0 bridgehead atoms. The van der Waals surface area contributed by atoms with E-state index in [1.165, 1.54) is 22.0 Å². The van der Waals surface area contributed by atoms with Crippen molar-refractivity contribution in [3.63, 3.8) is 0 Å². The standard InChI is InChI=1S/C20H22N2O/c1-2-13-23-18-9-7-16(8-10-18)14-21-12-11-17-15-22-20-6-4-3-5-19(17)20/h2-10,15,21-22H,1,11-14H2. The van der Waals surface area contributed by atoms with Gasteiger partial charge in [-0.05, 0) is 42.3 Å². The monoisotopic (exact) mass is 306 g/mol. The quantitative estimate of drug-likeness (QED) is 0.486. The fourth-order valence-corrected chi connectivity index (χ4v) is 2.65. The summed E-state index contributed by atoms with van der Waals surface area (Å²) < 4.78 is 5.48. The lowest BCUT2D eigenvalue weighted by Crippen LogP contribution is -2.16. The zero-order valence-corrected chi connectivity index (χ0v) is 13.2. The Bertz CT molecular complexity index is 759. The van der Waals surface area contributed by atoms with Gasteiger partial charge in [0.15, 0.2) is 0 Å². The summed E-state index contributed by atoms with van der Waals surface area (Å²) in [5.41, 5.74) is 3.83. The van der Waals surface area contributed by atoms with Gasteiger partial charge >= 0.3 is 0 Å². The van der Waals surface area contributed by atoms with Crippen molar-refractivity contribution in [3.8, 4) is 5.75 Å². The molecule has 2 N–H and O–H groups in total. The molecule has 3 nitrogen and oxygen atoms in total. The Labute approximate surface area is 137 Å². The van der Waals surface area contributed by atoms with Crippen molar-refractivity contribution in [1.82, 2.24) is 10.3 Å². The Morgan fingerprint density at radius 1 is 1.09 bits per heavy atom. The highest BCUT2D eigenvalue weighted by atomic mass is 16.5. The second kappa shape index (κ2) is 7.65. The van der Waals surface area contributed by atoms with Gasteiger partial charge in [0.2, 0.25) is 0 Å². The van der Waals surface area contributed by atoms with E-state index in [-0.39, 0.29) is 0 Å². The number of ether oxygens (including phenoxy) is 1. The van der Waals surface area contributed by atoms with Gasteiger partial charge in [-0.25, -0.2) is 0 Å². The minimum atomic E-state index is 0.544. The largest absolute Gasteiger partial charge is 0.490 e. The van der Waals surface area contributed by atoms with E-state index < -0.39 is 0 Å². The lowest BCUT2D eigenvalue weighted by atomic mass is 10.1. The molecule has 23 heavy (non-hydrogen) atoms. The minimum Gasteiger partial charge on any atom is -0.490 e. The van der Waals surface area contributed by atoms with E-state index in [0.717, 1.165) is 25.3 Å². The van der Waals surface area contributed by atoms with Gasteiger partial charge in [0.05, 0.1) is 0 Å². The average molecular weight is 306 g/mol. The summed E-state index contributed by atoms with van der Waals surface area (Å²) in [7, 11) is 0. The molecule has 1 heterocycles. The predicted octanol–water partition coefficient (Wildman–Crippen LogP) is 4.07. The topological polar surface area (TPSA) is 37.0 Å². The van der Waals surface area contributed by atoms with Crippen LogP contribution < -0.4 is 10.1 Å². The average Bonchev–Trinajstić information content (AvgIpc) is 3.01. The molecule has 3 aromatic rings. The lowest BCUT2D eigenvalue weighted by molar-refractivity contribution is 0.363. The maximum atomic E-state index is 5.48. The molecule has 0 saturated carbocycles. The molecule has 3 heteroatoms. The molecule has 0 atom stereocenters. The van der Waals surface area contributed by atoms with Crippen molar-refractivity contribution in [2.24, 2.45) is 0 Å². The molecule has 0 spiro atoms. The molecule has 0 fully saturated rings. The molecule has 0 radical (unpaired) electrons. The van der Waals surface area contributed by atoms with Crippen LogP contribution in [0.2, 0.25) is 0 Å². The number of rotatable bonds is 8. The first kappa shape index (κ1) is 15.4. The van der Waals surface area contributed by atoms with Crippen LogP contribution in [0.5, 0.6) is 5.75 Å². The van der Waals surface area contributed by atoms with Crippen LogP contribution in [0.4, 0.5) is 0 Å². The predicted molar refractivity (Wildman–Crippen MR) is 95.8 cm³/mol. The molecule has 0 aliphatic carbocycles. The third-order valence-electron chi connectivity index (χ3n) is 3.87. The van der Waals surface area contributed by atoms with Gasteiger partial charge in [-0.2, -0.15) is 0 Å². The van der Waals surface area contributed by atoms with Crippen LogP contribution in [0.3, 0.4) is 0 Å². The summed E-state index contributed by atoms with van der Waals surface area (Å²) in [6.45, 7) is 6.01. The first-order chi connectivity index (χ1) is 11.4. The maximum Gasteiger partial charge on any atom is 0.119 e. The molecule has 0 amide bonds. The van der Waals surface area contributed by atoms with Crippen LogP contribution >= 0.6 is 0 Å². The molecule has 1 aromatic heterocycles. The maximum absolute atomic E-state index is 5.48. The smallest absolute Gasteiger partial charge is 0.119 e. The van der Waals surface area contributed by atoms with Crippen LogP contribution in [0.15, 0.2) is 67.4 Å². The highest BCUT2D eigenvalue weighted by Gasteiger charge is 2.02. The number of benzene rings is 2. The molecular weight excluding hydrogens is 284 g/mol. The van der Waals surface area contributed by atoms with Crippen molar-refractivity contribution in [1.29, 1.82) is 0 Å². The summed E-state index contributed by atoms with van der Waals surface area (Å²) in [6, 6.07) is 16.6. The highest BCUT2D eigenvalue weighted by molar-refractivity contribution is 5.83. The van der Waals surface area contributed by atoms with Gasteiger partial charge in [0.25, 0.3) is 0 Å². The van der Waals surface area contributed by atoms with Crippen LogP contribution in [-0.2, 0) is 13.0 Å². The SMILES string of the molecule is C=CCOc1ccc(CNCCc2c[nH]c3ccccc23)cc1. The number of fused-ring (bicyclic) bond motifs is 1. The summed E-state index contributed by atoms with van der Waals surface area (Å²) in [4.78, 5) is 3.32. The molecule has 0 aliphatic heterocycles. The van der Waals surface area contributed by atoms with Gasteiger partial charge in [-0.15, -0.1) is 0 Å². The van der Waals surface area contributed by atoms with Crippen molar-refractivity contribution in [3.05, 3.63) is 78.5 Å². The number of hydrogen-bond donors (Lipinski definition) is 2. The van der Waals surface area contributed by atoms with Crippen molar-refractivity contribution < 1.29 is 4.74 Å². The second-order valence-electron chi connectivity index (χ2n) is 5.53. The molecule has 118 valence electrons. The Hall–Kier alpha value is -2.52. The van der Waals surface area contributed by atoms with Gasteiger partial charge in [0.1, 0.15) is 12.4 Å². The molecule has 0 unspecified atom stereocenters. The molecule has 0 saturated heterocycles. The van der Waals surface area contributed by atoms with Gasteiger partial charge in [0, 0.05) is 23.6 Å². The third kappa shape index (κ3) is 4.02. The second-order valence-corrected chi connectivity index (χ2v) is 5.53. The molecule has 3 rings (SSSR count). The Morgan fingerprint density at radius 3 is 2.74 bits per heavy atom. The van der Waals surface area contributed by atoms with Crippen molar-refractivity contribution in [2.45, 2.75) is 13.0 Å². The normalized spacial score (nSPS) is 10.8. The lowest BCUT2D eigenvalue weighted by Gasteiger charge is -2.07. The van der Waals surface area contributed by atoms with Crippen molar-refractivity contribution in [2.75, 3.05) is 13.2 Å². The molecule has 2 aromatic carbocycles. The number of aromatic amines is 1. The molecule has 0 aliphatic rings. The zero-order chi connectivity index (χ0) is 15.9. The van der Waals surface area contributed by atoms with Crippen LogP contribution in [-0.4, -0.2) is 18.1 Å². The molecular formula is C20H22N2O. The number of hydrogen-bond acceptors (Lipinski definition) is 2. The van der Waals surface area contributed by atoms with E-state index in [9.17, 15) is 0 Å². The third-order valence-corrected chi connectivity index (χ3v) is 3.87. The summed E-state index contributed by atoms with van der Waals surface area (Å²) in [6.07, 6.45) is 4.88. The van der Waals surface area contributed by atoms with E-state index in [0.29, 0.717) is 6.61 Å². The van der Waals surface area contributed by atoms with E-state index in [1.54, 1.807) is 6.08 Å². The zero-order valence-electron chi connectivity index (χ0n) is 13.2. The number of aromatic nitrogens is 1. The van der Waals surface area contributed by atoms with Crippen LogP contribution in [0.1, 0.15) is 11.1 Å². The van der Waals surface area contributed by atoms with E-state index in [2.05, 4.69) is 59.5 Å². The highest BCUT2D eigenvalue weighted by Crippen LogP contribution is 2.17. The first-order valence-electron chi connectivity index (χ1n) is 7.95. The summed E-state index contributed by atoms with van der Waals surface area (Å²) >= 11 is 0. The van der Waals surface area contributed by atoms with Gasteiger partial charge in [-0.3, -0.25) is 0 Å².